The number of rotatable bonds is 3. The fourth-order valence-corrected chi connectivity index (χ4v) is 2.00. The Morgan fingerprint density at radius 2 is 1.67 bits per heavy atom. The van der Waals surface area contributed by atoms with E-state index in [2.05, 4.69) is 10.6 Å². The number of nitro groups is 1. The van der Waals surface area contributed by atoms with Crippen LogP contribution in [0.1, 0.15) is 11.1 Å². The van der Waals surface area contributed by atoms with Gasteiger partial charge < -0.3 is 15.7 Å². The molecule has 0 radical (unpaired) electrons. The summed E-state index contributed by atoms with van der Waals surface area (Å²) in [6, 6.07) is 8.43. The van der Waals surface area contributed by atoms with Crippen LogP contribution in [0.25, 0.3) is 0 Å². The van der Waals surface area contributed by atoms with Crippen LogP contribution in [-0.2, 0) is 9.59 Å². The molecule has 0 unspecified atom stereocenters. The number of nitro benzene ring substituents is 1. The summed E-state index contributed by atoms with van der Waals surface area (Å²) >= 11 is 0. The van der Waals surface area contributed by atoms with Gasteiger partial charge in [-0.2, -0.15) is 0 Å². The molecule has 2 rings (SSSR count). The van der Waals surface area contributed by atoms with Gasteiger partial charge in [-0.25, -0.2) is 0 Å². The van der Waals surface area contributed by atoms with Crippen LogP contribution in [0, 0.1) is 24.0 Å². The van der Waals surface area contributed by atoms with E-state index in [0.717, 1.165) is 5.56 Å². The highest BCUT2D eigenvalue weighted by Gasteiger charge is 2.21. The number of carbonyl (C=O) groups excluding carboxylic acids is 2. The van der Waals surface area contributed by atoms with E-state index in [-0.39, 0.29) is 22.8 Å². The lowest BCUT2D eigenvalue weighted by molar-refractivity contribution is -0.384. The summed E-state index contributed by atoms with van der Waals surface area (Å²) in [7, 11) is 0. The van der Waals surface area contributed by atoms with Crippen LogP contribution < -0.4 is 10.6 Å². The van der Waals surface area contributed by atoms with Crippen LogP contribution in [0.2, 0.25) is 0 Å². The first-order valence-electron chi connectivity index (χ1n) is 6.95. The molecule has 0 atom stereocenters. The van der Waals surface area contributed by atoms with Gasteiger partial charge in [0.15, 0.2) is 0 Å². The van der Waals surface area contributed by atoms with Gasteiger partial charge in [-0.05, 0) is 43.2 Å². The minimum atomic E-state index is -1.05. The lowest BCUT2D eigenvalue weighted by atomic mass is 10.1. The Morgan fingerprint density at radius 1 is 1.04 bits per heavy atom. The second-order valence-corrected chi connectivity index (χ2v) is 5.17. The predicted molar refractivity (Wildman–Crippen MR) is 87.9 cm³/mol. The average molecular weight is 329 g/mol. The number of aromatic hydroxyl groups is 1. The van der Waals surface area contributed by atoms with E-state index in [1.54, 1.807) is 13.8 Å². The Bertz CT molecular complexity index is 832. The Hall–Kier alpha value is -3.42. The third kappa shape index (κ3) is 3.86. The fourth-order valence-electron chi connectivity index (χ4n) is 2.00. The van der Waals surface area contributed by atoms with Crippen molar-refractivity contribution < 1.29 is 19.6 Å². The molecule has 0 fully saturated rings. The van der Waals surface area contributed by atoms with Crippen LogP contribution in [0.5, 0.6) is 5.75 Å². The van der Waals surface area contributed by atoms with Crippen molar-refractivity contribution >= 4 is 28.9 Å². The molecule has 0 aliphatic heterocycles. The summed E-state index contributed by atoms with van der Waals surface area (Å²) in [6.07, 6.45) is 0. The minimum absolute atomic E-state index is 0.0563. The lowest BCUT2D eigenvalue weighted by Gasteiger charge is -2.09. The molecule has 0 aliphatic rings. The van der Waals surface area contributed by atoms with E-state index < -0.39 is 16.7 Å². The molecule has 0 heterocycles. The molecule has 0 saturated carbocycles. The smallest absolute Gasteiger partial charge is 0.314 e. The summed E-state index contributed by atoms with van der Waals surface area (Å²) in [5, 5.41) is 25.0. The highest BCUT2D eigenvalue weighted by molar-refractivity contribution is 6.43. The number of aryl methyl sites for hydroxylation is 2. The third-order valence-corrected chi connectivity index (χ3v) is 3.37. The molecule has 24 heavy (non-hydrogen) atoms. The van der Waals surface area contributed by atoms with E-state index in [0.29, 0.717) is 5.56 Å². The maximum Gasteiger partial charge on any atom is 0.314 e. The van der Waals surface area contributed by atoms with Crippen molar-refractivity contribution in [2.24, 2.45) is 0 Å². The zero-order chi connectivity index (χ0) is 17.9. The molecule has 2 amide bonds. The van der Waals surface area contributed by atoms with Crippen molar-refractivity contribution in [2.45, 2.75) is 13.8 Å². The monoisotopic (exact) mass is 329 g/mol. The Balaban J connectivity index is 2.18. The normalized spacial score (nSPS) is 10.1. The van der Waals surface area contributed by atoms with E-state index in [1.165, 1.54) is 36.4 Å². The largest absolute Gasteiger partial charge is 0.508 e. The molecule has 3 N–H and O–H groups in total. The molecule has 8 nitrogen and oxygen atoms in total. The number of anilines is 2. The Kier molecular flexibility index (Phi) is 4.78. The molecular formula is C16H15N3O5. The van der Waals surface area contributed by atoms with Gasteiger partial charge >= 0.3 is 11.8 Å². The summed E-state index contributed by atoms with van der Waals surface area (Å²) in [5.41, 5.74) is 1.31. The molecule has 0 bridgehead atoms. The number of hydrogen-bond donors (Lipinski definition) is 3. The third-order valence-electron chi connectivity index (χ3n) is 3.37. The van der Waals surface area contributed by atoms with Crippen molar-refractivity contribution in [3.8, 4) is 5.75 Å². The van der Waals surface area contributed by atoms with Crippen molar-refractivity contribution in [2.75, 3.05) is 10.6 Å². The molecule has 0 saturated heterocycles. The zero-order valence-corrected chi connectivity index (χ0v) is 13.0. The maximum atomic E-state index is 12.0. The molecule has 124 valence electrons. The van der Waals surface area contributed by atoms with Gasteiger partial charge in [0.2, 0.25) is 0 Å². The van der Waals surface area contributed by atoms with Gasteiger partial charge in [-0.15, -0.1) is 0 Å². The SMILES string of the molecule is Cc1cc(NC(=O)C(=O)Nc2cccc(O)c2)c([N+](=O)[O-])cc1C. The van der Waals surface area contributed by atoms with Crippen LogP contribution >= 0.6 is 0 Å². The second kappa shape index (κ2) is 6.78. The molecule has 8 heteroatoms. The number of nitrogens with zero attached hydrogens (tertiary/aromatic N) is 1. The first-order chi connectivity index (χ1) is 11.3. The van der Waals surface area contributed by atoms with Crippen LogP contribution in [0.15, 0.2) is 36.4 Å². The molecule has 2 aromatic carbocycles. The number of hydrogen-bond acceptors (Lipinski definition) is 5. The van der Waals surface area contributed by atoms with E-state index in [1.807, 2.05) is 0 Å². The maximum absolute atomic E-state index is 12.0. The minimum Gasteiger partial charge on any atom is -0.508 e. The standard InChI is InChI=1S/C16H15N3O5/c1-9-6-13(14(19(23)24)7-10(9)2)18-16(22)15(21)17-11-4-3-5-12(20)8-11/h3-8,20H,1-2H3,(H,17,21)(H,18,22). The van der Waals surface area contributed by atoms with Gasteiger partial charge in [0.25, 0.3) is 5.69 Å². The van der Waals surface area contributed by atoms with E-state index >= 15 is 0 Å². The van der Waals surface area contributed by atoms with Crippen LogP contribution in [0.3, 0.4) is 0 Å². The van der Waals surface area contributed by atoms with Crippen molar-refractivity contribution in [3.05, 3.63) is 57.6 Å². The summed E-state index contributed by atoms with van der Waals surface area (Å²) < 4.78 is 0. The highest BCUT2D eigenvalue weighted by Crippen LogP contribution is 2.28. The number of benzene rings is 2. The first kappa shape index (κ1) is 16.9. The van der Waals surface area contributed by atoms with Crippen molar-refractivity contribution in [1.29, 1.82) is 0 Å². The zero-order valence-electron chi connectivity index (χ0n) is 13.0. The Morgan fingerprint density at radius 3 is 2.29 bits per heavy atom. The van der Waals surface area contributed by atoms with E-state index in [9.17, 15) is 24.8 Å². The van der Waals surface area contributed by atoms with Gasteiger partial charge in [0.05, 0.1) is 4.92 Å². The van der Waals surface area contributed by atoms with Crippen LogP contribution in [-0.4, -0.2) is 21.8 Å². The van der Waals surface area contributed by atoms with Gasteiger partial charge in [0.1, 0.15) is 11.4 Å². The topological polar surface area (TPSA) is 122 Å². The van der Waals surface area contributed by atoms with Crippen molar-refractivity contribution in [1.82, 2.24) is 0 Å². The highest BCUT2D eigenvalue weighted by atomic mass is 16.6. The molecule has 0 aromatic heterocycles. The van der Waals surface area contributed by atoms with Gasteiger partial charge in [0, 0.05) is 17.8 Å². The number of carbonyl (C=O) groups is 2. The fraction of sp³-hybridized carbons (Fsp3) is 0.125. The summed E-state index contributed by atoms with van der Waals surface area (Å²) in [4.78, 5) is 34.3. The van der Waals surface area contributed by atoms with Crippen LogP contribution in [0.4, 0.5) is 17.1 Å². The number of phenols is 1. The molecule has 0 aliphatic carbocycles. The molecular weight excluding hydrogens is 314 g/mol. The summed E-state index contributed by atoms with van der Waals surface area (Å²) in [5.74, 6) is -2.13. The predicted octanol–water partition coefficient (Wildman–Crippen LogP) is 2.49. The number of phenolic OH excluding ortho intramolecular Hbond substituents is 1. The Labute approximate surface area is 137 Å². The number of amides is 2. The van der Waals surface area contributed by atoms with Gasteiger partial charge in [-0.1, -0.05) is 6.07 Å². The second-order valence-electron chi connectivity index (χ2n) is 5.17. The van der Waals surface area contributed by atoms with E-state index in [4.69, 9.17) is 0 Å². The first-order valence-corrected chi connectivity index (χ1v) is 6.95. The molecule has 2 aromatic rings. The summed E-state index contributed by atoms with van der Waals surface area (Å²) in [6.45, 7) is 3.45. The van der Waals surface area contributed by atoms with Gasteiger partial charge in [-0.3, -0.25) is 19.7 Å². The quantitative estimate of drug-likeness (QED) is 0.454. The lowest BCUT2D eigenvalue weighted by Crippen LogP contribution is -2.29. The average Bonchev–Trinajstić information content (AvgIpc) is 2.50. The number of nitrogens with one attached hydrogen (secondary N) is 2. The molecule has 0 spiro atoms. The van der Waals surface area contributed by atoms with Crippen molar-refractivity contribution in [3.63, 3.8) is 0 Å².